The summed E-state index contributed by atoms with van der Waals surface area (Å²) in [6.45, 7) is 15.5. The summed E-state index contributed by atoms with van der Waals surface area (Å²) in [5, 5.41) is 20.0. The van der Waals surface area contributed by atoms with Crippen LogP contribution in [0.1, 0.15) is 33.6 Å². The Morgan fingerprint density at radius 1 is 0.500 bits per heavy atom. The van der Waals surface area contributed by atoms with Gasteiger partial charge < -0.3 is 0 Å². The molecule has 50 heavy (non-hydrogen) atoms. The molecule has 3 aromatic carbocycles. The largest absolute Gasteiger partial charge is 0.433 e. The minimum absolute atomic E-state index is 0.219. The molecule has 0 fully saturated rings. The summed E-state index contributed by atoms with van der Waals surface area (Å²) in [5.74, 6) is 0. The second-order valence-electron chi connectivity index (χ2n) is 11.2. The molecule has 0 bridgehead atoms. The number of allylic oxidation sites excluding steroid dienone is 2. The summed E-state index contributed by atoms with van der Waals surface area (Å²) < 4.78 is 80.7. The lowest BCUT2D eigenvalue weighted by Gasteiger charge is -2.10. The third-order valence-corrected chi connectivity index (χ3v) is 8.53. The van der Waals surface area contributed by atoms with E-state index in [-0.39, 0.29) is 33.7 Å². The summed E-state index contributed by atoms with van der Waals surface area (Å²) in [4.78, 5) is 13.7. The van der Waals surface area contributed by atoms with Crippen LogP contribution in [0, 0.1) is 35.8 Å². The third kappa shape index (κ3) is 4.95. The fourth-order valence-electron chi connectivity index (χ4n) is 6.39. The minimum atomic E-state index is -4.67. The fourth-order valence-corrected chi connectivity index (χ4v) is 6.39. The fraction of sp³-hybridized carbons (Fsp3) is 0.0526. The number of nitrogens with zero attached hydrogens (tertiary/aromatic N) is 6. The van der Waals surface area contributed by atoms with Gasteiger partial charge in [0.05, 0.1) is 25.3 Å². The van der Waals surface area contributed by atoms with Crippen molar-refractivity contribution in [1.29, 1.82) is 10.5 Å². The van der Waals surface area contributed by atoms with Crippen molar-refractivity contribution in [2.75, 3.05) is 0 Å². The average Bonchev–Trinajstić information content (AvgIpc) is 3.59. The Kier molecular flexibility index (Phi) is 7.14. The van der Waals surface area contributed by atoms with E-state index in [0.29, 0.717) is 55.6 Å². The molecule has 2 aliphatic rings. The average molecular weight is 669 g/mol. The van der Waals surface area contributed by atoms with Crippen LogP contribution >= 0.6 is 0 Å². The molecule has 238 valence electrons. The Bertz CT molecular complexity index is 2360. The van der Waals surface area contributed by atoms with Crippen molar-refractivity contribution in [1.82, 2.24) is 9.97 Å². The highest BCUT2D eigenvalue weighted by Crippen LogP contribution is 2.54. The molecule has 0 saturated carbocycles. The Morgan fingerprint density at radius 3 is 1.20 bits per heavy atom. The van der Waals surface area contributed by atoms with E-state index in [1.54, 1.807) is 48.5 Å². The zero-order chi connectivity index (χ0) is 35.5. The van der Waals surface area contributed by atoms with Gasteiger partial charge in [0, 0.05) is 23.5 Å². The number of pyridine rings is 2. The topological polar surface area (TPSA) is 82.1 Å². The molecule has 6 nitrogen and oxygen atoms in total. The van der Waals surface area contributed by atoms with Crippen LogP contribution in [0.4, 0.5) is 26.3 Å². The summed E-state index contributed by atoms with van der Waals surface area (Å²) in [6.07, 6.45) is -7.25. The molecule has 2 aromatic heterocycles. The van der Waals surface area contributed by atoms with Crippen molar-refractivity contribution in [3.8, 4) is 56.6 Å². The van der Waals surface area contributed by atoms with Crippen LogP contribution in [0.2, 0.25) is 0 Å². The Balaban J connectivity index is 1.44. The quantitative estimate of drug-likeness (QED) is 0.104. The van der Waals surface area contributed by atoms with Gasteiger partial charge in [0.1, 0.15) is 11.4 Å². The van der Waals surface area contributed by atoms with Crippen molar-refractivity contribution in [2.45, 2.75) is 12.4 Å². The standard InChI is InChI=1S/C38H14F6N6/c1-47-31(17-45)35-27-11-19(21-7-9-49-33(13-21)37(39,40)41)3-5-23(27)25-16-30-26(15-29(25)35)24-6-4-20(12-28(24)36(30)32(18-46)48-2)22-8-10-50-34(14-22)38(42,43)44/h3-16H/b35-31-,36-32-. The lowest BCUT2D eigenvalue weighted by atomic mass is 9.95. The second-order valence-corrected chi connectivity index (χ2v) is 11.2. The van der Waals surface area contributed by atoms with E-state index in [2.05, 4.69) is 19.7 Å². The predicted octanol–water partition coefficient (Wildman–Crippen LogP) is 10.2. The maximum Gasteiger partial charge on any atom is 0.433 e. The molecule has 5 aromatic rings. The van der Waals surface area contributed by atoms with Gasteiger partial charge in [0.2, 0.25) is 0 Å². The molecular formula is C38H14F6N6. The maximum absolute atomic E-state index is 13.4. The van der Waals surface area contributed by atoms with E-state index < -0.39 is 23.7 Å². The maximum atomic E-state index is 13.4. The van der Waals surface area contributed by atoms with Crippen molar-refractivity contribution < 1.29 is 26.3 Å². The predicted molar refractivity (Wildman–Crippen MR) is 170 cm³/mol. The molecule has 0 saturated heterocycles. The smallest absolute Gasteiger partial charge is 0.252 e. The van der Waals surface area contributed by atoms with E-state index in [0.717, 1.165) is 24.5 Å². The lowest BCUT2D eigenvalue weighted by molar-refractivity contribution is -0.141. The molecule has 12 heteroatoms. The number of nitriles is 2. The number of halogens is 6. The van der Waals surface area contributed by atoms with Crippen LogP contribution in [0.25, 0.3) is 65.3 Å². The molecule has 2 heterocycles. The highest BCUT2D eigenvalue weighted by Gasteiger charge is 2.36. The van der Waals surface area contributed by atoms with E-state index >= 15 is 0 Å². The zero-order valence-corrected chi connectivity index (χ0v) is 25.0. The highest BCUT2D eigenvalue weighted by molar-refractivity contribution is 6.11. The number of hydrogen-bond acceptors (Lipinski definition) is 4. The van der Waals surface area contributed by atoms with Crippen LogP contribution in [0.15, 0.2) is 96.6 Å². The Morgan fingerprint density at radius 2 is 0.860 bits per heavy atom. The van der Waals surface area contributed by atoms with E-state index in [4.69, 9.17) is 13.1 Å². The van der Waals surface area contributed by atoms with Gasteiger partial charge in [0.25, 0.3) is 11.4 Å². The molecule has 0 aliphatic heterocycles. The lowest BCUT2D eigenvalue weighted by Crippen LogP contribution is -2.07. The summed E-state index contributed by atoms with van der Waals surface area (Å²) in [6, 6.07) is 21.7. The molecule has 2 aliphatic carbocycles. The van der Waals surface area contributed by atoms with E-state index in [1.165, 1.54) is 12.1 Å². The number of fused-ring (bicyclic) bond motifs is 6. The number of hydrogen-bond donors (Lipinski definition) is 0. The SMILES string of the molecule is [C-]#[N+]/C(C#N)=C1/c2cc(-c3ccnc(C(F)(F)F)c3)ccc2-c2cc3c(cc21)-c1ccc(-c2ccnc(C(F)(F)F)c2)cc1/C3=C(\C#N)[N+]#[C-]. The number of alkyl halides is 6. The summed E-state index contributed by atoms with van der Waals surface area (Å²) in [7, 11) is 0. The molecule has 0 unspecified atom stereocenters. The Labute approximate surface area is 279 Å². The molecule has 0 radical (unpaired) electrons. The van der Waals surface area contributed by atoms with Crippen LogP contribution in [-0.2, 0) is 12.4 Å². The van der Waals surface area contributed by atoms with Gasteiger partial charge in [-0.25, -0.2) is 20.2 Å². The molecule has 0 amide bonds. The second kappa shape index (κ2) is 11.3. The van der Waals surface area contributed by atoms with Gasteiger partial charge >= 0.3 is 12.4 Å². The first-order valence-electron chi connectivity index (χ1n) is 14.5. The monoisotopic (exact) mass is 668 g/mol. The van der Waals surface area contributed by atoms with Gasteiger partial charge in [0.15, 0.2) is 0 Å². The van der Waals surface area contributed by atoms with Crippen molar-refractivity contribution >= 4 is 11.1 Å². The first kappa shape index (κ1) is 31.6. The van der Waals surface area contributed by atoms with Crippen LogP contribution < -0.4 is 0 Å². The van der Waals surface area contributed by atoms with E-state index in [9.17, 15) is 36.9 Å². The summed E-state index contributed by atoms with van der Waals surface area (Å²) >= 11 is 0. The number of aromatic nitrogens is 2. The van der Waals surface area contributed by atoms with Crippen molar-refractivity contribution in [2.24, 2.45) is 0 Å². The zero-order valence-electron chi connectivity index (χ0n) is 25.0. The van der Waals surface area contributed by atoms with Crippen LogP contribution in [-0.4, -0.2) is 9.97 Å². The molecule has 0 atom stereocenters. The van der Waals surface area contributed by atoms with Crippen molar-refractivity contribution in [3.05, 3.63) is 153 Å². The molecule has 0 N–H and O–H groups in total. The van der Waals surface area contributed by atoms with Crippen molar-refractivity contribution in [3.63, 3.8) is 0 Å². The minimum Gasteiger partial charge on any atom is -0.252 e. The van der Waals surface area contributed by atoms with Gasteiger partial charge in [-0.3, -0.25) is 9.97 Å². The van der Waals surface area contributed by atoms with Crippen LogP contribution in [0.5, 0.6) is 0 Å². The first-order chi connectivity index (χ1) is 23.9. The van der Waals surface area contributed by atoms with Gasteiger partial charge in [-0.1, -0.05) is 24.3 Å². The van der Waals surface area contributed by atoms with E-state index in [1.807, 2.05) is 12.1 Å². The normalized spacial score (nSPS) is 14.6. The summed E-state index contributed by atoms with van der Waals surface area (Å²) in [5.41, 5.74) is 3.15. The highest BCUT2D eigenvalue weighted by atomic mass is 19.4. The number of rotatable bonds is 2. The van der Waals surface area contributed by atoms with Gasteiger partial charge in [-0.05, 0) is 115 Å². The molecular weight excluding hydrogens is 654 g/mol. The molecule has 0 spiro atoms. The van der Waals surface area contributed by atoms with Gasteiger partial charge in [-0.2, -0.15) is 26.3 Å². The Hall–Kier alpha value is -7.02. The number of benzene rings is 3. The third-order valence-electron chi connectivity index (χ3n) is 8.53. The van der Waals surface area contributed by atoms with Gasteiger partial charge in [-0.15, -0.1) is 0 Å². The van der Waals surface area contributed by atoms with Crippen LogP contribution in [0.3, 0.4) is 0 Å². The molecule has 7 rings (SSSR count). The first-order valence-corrected chi connectivity index (χ1v) is 14.5.